The second-order valence-corrected chi connectivity index (χ2v) is 7.65. The van der Waals surface area contributed by atoms with E-state index < -0.39 is 11.7 Å². The van der Waals surface area contributed by atoms with Gasteiger partial charge in [-0.05, 0) is 43.7 Å². The maximum atomic E-state index is 12.7. The van der Waals surface area contributed by atoms with Crippen molar-refractivity contribution in [1.82, 2.24) is 20.5 Å². The van der Waals surface area contributed by atoms with E-state index in [0.29, 0.717) is 24.2 Å². The van der Waals surface area contributed by atoms with Crippen LogP contribution in [0.25, 0.3) is 10.9 Å². The van der Waals surface area contributed by atoms with Gasteiger partial charge < -0.3 is 10.2 Å². The SMILES string of the molecule is Cc1nnc2ccc(C(=O)NC3CN(c4ncc(C(F)(F)F)cc4Cl)C3)cc2c1C. The molecule has 1 fully saturated rings. The molecule has 10 heteroatoms. The van der Waals surface area contributed by atoms with E-state index in [4.69, 9.17) is 11.6 Å². The van der Waals surface area contributed by atoms with Crippen molar-refractivity contribution in [2.75, 3.05) is 18.0 Å². The van der Waals surface area contributed by atoms with Crippen molar-refractivity contribution in [3.8, 4) is 0 Å². The smallest absolute Gasteiger partial charge is 0.351 e. The van der Waals surface area contributed by atoms with Crippen LogP contribution in [0, 0.1) is 13.8 Å². The fourth-order valence-corrected chi connectivity index (χ4v) is 3.58. The predicted octanol–water partition coefficient (Wildman–Crippen LogP) is 3.93. The minimum atomic E-state index is -4.50. The van der Waals surface area contributed by atoms with Crippen molar-refractivity contribution in [1.29, 1.82) is 0 Å². The number of amides is 1. The molecule has 2 aromatic heterocycles. The lowest BCUT2D eigenvalue weighted by Gasteiger charge is -2.40. The summed E-state index contributed by atoms with van der Waals surface area (Å²) in [4.78, 5) is 18.2. The van der Waals surface area contributed by atoms with Gasteiger partial charge in [0.15, 0.2) is 0 Å². The van der Waals surface area contributed by atoms with Crippen LogP contribution >= 0.6 is 11.6 Å². The maximum absolute atomic E-state index is 12.7. The van der Waals surface area contributed by atoms with E-state index in [1.165, 1.54) is 0 Å². The Kier molecular flexibility index (Phi) is 5.01. The first-order valence-corrected chi connectivity index (χ1v) is 9.53. The zero-order chi connectivity index (χ0) is 21.6. The van der Waals surface area contributed by atoms with Crippen LogP contribution in [0.15, 0.2) is 30.5 Å². The normalized spacial score (nSPS) is 14.7. The number of benzene rings is 1. The van der Waals surface area contributed by atoms with Gasteiger partial charge in [0.2, 0.25) is 0 Å². The Hall–Kier alpha value is -2.94. The molecule has 1 saturated heterocycles. The zero-order valence-corrected chi connectivity index (χ0v) is 16.8. The average Bonchev–Trinajstić information content (AvgIpc) is 2.66. The number of carbonyl (C=O) groups is 1. The molecule has 0 bridgehead atoms. The van der Waals surface area contributed by atoms with Crippen molar-refractivity contribution >= 4 is 34.2 Å². The second kappa shape index (κ2) is 7.39. The summed E-state index contributed by atoms with van der Waals surface area (Å²) >= 11 is 5.97. The Morgan fingerprint density at radius 3 is 2.60 bits per heavy atom. The Morgan fingerprint density at radius 2 is 1.93 bits per heavy atom. The summed E-state index contributed by atoms with van der Waals surface area (Å²) in [5.41, 5.74) is 2.09. The maximum Gasteiger partial charge on any atom is 0.417 e. The third-order valence-electron chi connectivity index (χ3n) is 5.18. The Morgan fingerprint density at radius 1 is 1.20 bits per heavy atom. The largest absolute Gasteiger partial charge is 0.417 e. The van der Waals surface area contributed by atoms with Gasteiger partial charge in [0, 0.05) is 30.2 Å². The lowest BCUT2D eigenvalue weighted by Crippen LogP contribution is -2.59. The number of aryl methyl sites for hydroxylation is 2. The summed E-state index contributed by atoms with van der Waals surface area (Å²) in [6, 6.07) is 5.92. The van der Waals surface area contributed by atoms with Gasteiger partial charge in [0.05, 0.1) is 27.8 Å². The molecule has 3 heterocycles. The molecule has 3 aromatic rings. The molecule has 30 heavy (non-hydrogen) atoms. The topological polar surface area (TPSA) is 71.0 Å². The van der Waals surface area contributed by atoms with Crippen LogP contribution < -0.4 is 10.2 Å². The first kappa shape index (κ1) is 20.3. The quantitative estimate of drug-likeness (QED) is 0.675. The Bertz CT molecular complexity index is 1150. The fourth-order valence-electron chi connectivity index (χ4n) is 3.29. The number of nitrogens with zero attached hydrogens (tertiary/aromatic N) is 4. The van der Waals surface area contributed by atoms with E-state index in [1.54, 1.807) is 23.1 Å². The van der Waals surface area contributed by atoms with Crippen LogP contribution in [-0.4, -0.2) is 40.2 Å². The van der Waals surface area contributed by atoms with Crippen molar-refractivity contribution in [3.05, 3.63) is 57.9 Å². The monoisotopic (exact) mass is 435 g/mol. The van der Waals surface area contributed by atoms with Gasteiger partial charge in [-0.25, -0.2) is 4.98 Å². The summed E-state index contributed by atoms with van der Waals surface area (Å²) in [5, 5.41) is 11.9. The number of aromatic nitrogens is 3. The predicted molar refractivity (Wildman–Crippen MR) is 107 cm³/mol. The number of anilines is 1. The molecule has 0 aliphatic carbocycles. The number of hydrogen-bond donors (Lipinski definition) is 1. The van der Waals surface area contributed by atoms with E-state index in [-0.39, 0.29) is 22.8 Å². The number of rotatable bonds is 3. The highest BCUT2D eigenvalue weighted by Gasteiger charge is 2.34. The standard InChI is InChI=1S/C20H17ClF3N5O/c1-10-11(2)27-28-17-4-3-12(5-15(10)17)19(30)26-14-8-29(9-14)18-16(21)6-13(7-25-18)20(22,23)24/h3-7,14H,8-9H2,1-2H3,(H,26,30). The molecule has 4 rings (SSSR count). The highest BCUT2D eigenvalue weighted by Crippen LogP contribution is 2.34. The zero-order valence-electron chi connectivity index (χ0n) is 16.1. The van der Waals surface area contributed by atoms with Crippen LogP contribution in [-0.2, 0) is 6.18 Å². The van der Waals surface area contributed by atoms with Gasteiger partial charge in [-0.1, -0.05) is 11.6 Å². The lowest BCUT2D eigenvalue weighted by molar-refractivity contribution is -0.137. The molecule has 0 spiro atoms. The van der Waals surface area contributed by atoms with E-state index in [0.717, 1.165) is 28.9 Å². The fraction of sp³-hybridized carbons (Fsp3) is 0.300. The molecule has 0 radical (unpaired) electrons. The highest BCUT2D eigenvalue weighted by atomic mass is 35.5. The first-order chi connectivity index (χ1) is 14.1. The molecule has 1 aliphatic heterocycles. The molecule has 1 aliphatic rings. The average molecular weight is 436 g/mol. The molecule has 1 N–H and O–H groups in total. The molecule has 1 aromatic carbocycles. The van der Waals surface area contributed by atoms with E-state index in [1.807, 2.05) is 13.8 Å². The second-order valence-electron chi connectivity index (χ2n) is 7.24. The summed E-state index contributed by atoms with van der Waals surface area (Å²) in [6.45, 7) is 4.60. The summed E-state index contributed by atoms with van der Waals surface area (Å²) < 4.78 is 38.2. The molecule has 156 valence electrons. The third-order valence-corrected chi connectivity index (χ3v) is 5.46. The molecule has 0 atom stereocenters. The van der Waals surface area contributed by atoms with Crippen LogP contribution in [0.1, 0.15) is 27.2 Å². The number of nitrogens with one attached hydrogen (secondary N) is 1. The summed E-state index contributed by atoms with van der Waals surface area (Å²) in [6.07, 6.45) is -3.74. The first-order valence-electron chi connectivity index (χ1n) is 9.15. The molecular formula is C20H17ClF3N5O. The van der Waals surface area contributed by atoms with Gasteiger partial charge in [-0.15, -0.1) is 0 Å². The van der Waals surface area contributed by atoms with E-state index >= 15 is 0 Å². The number of hydrogen-bond acceptors (Lipinski definition) is 5. The Balaban J connectivity index is 1.42. The number of fused-ring (bicyclic) bond motifs is 1. The van der Waals surface area contributed by atoms with Gasteiger partial charge >= 0.3 is 6.18 Å². The van der Waals surface area contributed by atoms with Crippen molar-refractivity contribution in [2.24, 2.45) is 0 Å². The van der Waals surface area contributed by atoms with Crippen LogP contribution in [0.5, 0.6) is 0 Å². The van der Waals surface area contributed by atoms with Crippen LogP contribution in [0.4, 0.5) is 19.0 Å². The Labute approximate surface area is 175 Å². The number of halogens is 4. The van der Waals surface area contributed by atoms with Gasteiger partial charge in [-0.3, -0.25) is 4.79 Å². The van der Waals surface area contributed by atoms with Gasteiger partial charge in [0.1, 0.15) is 5.82 Å². The number of alkyl halides is 3. The lowest BCUT2D eigenvalue weighted by atomic mass is 10.0. The number of carbonyl (C=O) groups excluding carboxylic acids is 1. The molecule has 0 unspecified atom stereocenters. The van der Waals surface area contributed by atoms with Crippen molar-refractivity contribution in [3.63, 3.8) is 0 Å². The molecular weight excluding hydrogens is 419 g/mol. The number of pyridine rings is 1. The highest BCUT2D eigenvalue weighted by molar-refractivity contribution is 6.33. The minimum absolute atomic E-state index is 0.0731. The molecule has 1 amide bonds. The third kappa shape index (κ3) is 3.77. The van der Waals surface area contributed by atoms with Gasteiger partial charge in [0.25, 0.3) is 5.91 Å². The molecule has 0 saturated carbocycles. The summed E-state index contributed by atoms with van der Waals surface area (Å²) in [5.74, 6) is 0.0347. The van der Waals surface area contributed by atoms with Crippen LogP contribution in [0.2, 0.25) is 5.02 Å². The van der Waals surface area contributed by atoms with Gasteiger partial charge in [-0.2, -0.15) is 23.4 Å². The van der Waals surface area contributed by atoms with Crippen LogP contribution in [0.3, 0.4) is 0 Å². The van der Waals surface area contributed by atoms with E-state index in [2.05, 4.69) is 20.5 Å². The van der Waals surface area contributed by atoms with E-state index in [9.17, 15) is 18.0 Å². The molecule has 6 nitrogen and oxygen atoms in total. The summed E-state index contributed by atoms with van der Waals surface area (Å²) in [7, 11) is 0. The van der Waals surface area contributed by atoms with Crippen molar-refractivity contribution < 1.29 is 18.0 Å². The van der Waals surface area contributed by atoms with Crippen molar-refractivity contribution in [2.45, 2.75) is 26.1 Å². The minimum Gasteiger partial charge on any atom is -0.351 e.